The highest BCUT2D eigenvalue weighted by Crippen LogP contribution is 2.42. The van der Waals surface area contributed by atoms with Gasteiger partial charge in [0.2, 0.25) is 15.9 Å². The largest absolute Gasteiger partial charge is 0.341 e. The highest BCUT2D eigenvalue weighted by atomic mass is 35.5. The van der Waals surface area contributed by atoms with Crippen molar-refractivity contribution in [1.29, 1.82) is 0 Å². The van der Waals surface area contributed by atoms with Gasteiger partial charge in [0.25, 0.3) is 0 Å². The molecule has 0 aromatic heterocycles. The lowest BCUT2D eigenvalue weighted by atomic mass is 9.70. The molecule has 1 aromatic carbocycles. The van der Waals surface area contributed by atoms with Crippen LogP contribution in [-0.2, 0) is 14.8 Å². The van der Waals surface area contributed by atoms with E-state index in [1.807, 2.05) is 38.1 Å². The first-order valence-electron chi connectivity index (χ1n) is 8.92. The van der Waals surface area contributed by atoms with E-state index in [9.17, 15) is 13.2 Å². The number of benzene rings is 1. The molecule has 5 nitrogen and oxygen atoms in total. The normalized spacial score (nSPS) is 21.7. The van der Waals surface area contributed by atoms with Crippen molar-refractivity contribution < 1.29 is 13.2 Å². The van der Waals surface area contributed by atoms with Gasteiger partial charge in [-0.05, 0) is 41.4 Å². The first-order chi connectivity index (χ1) is 11.9. The van der Waals surface area contributed by atoms with Crippen molar-refractivity contribution in [2.24, 2.45) is 11.3 Å². The van der Waals surface area contributed by atoms with E-state index in [0.717, 1.165) is 12.7 Å². The van der Waals surface area contributed by atoms with E-state index in [1.165, 1.54) is 5.56 Å². The molecule has 1 fully saturated rings. The summed E-state index contributed by atoms with van der Waals surface area (Å²) in [6.07, 6.45) is 1.93. The number of carbonyl (C=O) groups is 1. The fourth-order valence-electron chi connectivity index (χ4n) is 3.76. The summed E-state index contributed by atoms with van der Waals surface area (Å²) in [5.74, 6) is 0.0616. The molecule has 1 amide bonds. The van der Waals surface area contributed by atoms with Gasteiger partial charge in [-0.3, -0.25) is 4.79 Å². The Labute approximate surface area is 162 Å². The summed E-state index contributed by atoms with van der Waals surface area (Å²) in [6.45, 7) is 9.22. The molecule has 1 aliphatic rings. The van der Waals surface area contributed by atoms with Crippen LogP contribution in [-0.4, -0.2) is 44.6 Å². The van der Waals surface area contributed by atoms with Gasteiger partial charge < -0.3 is 4.90 Å². The molecule has 1 aliphatic heterocycles. The Morgan fingerprint density at radius 2 is 1.85 bits per heavy atom. The molecule has 26 heavy (non-hydrogen) atoms. The minimum absolute atomic E-state index is 0.116. The van der Waals surface area contributed by atoms with E-state index in [4.69, 9.17) is 11.6 Å². The van der Waals surface area contributed by atoms with Crippen LogP contribution >= 0.6 is 11.6 Å². The zero-order valence-electron chi connectivity index (χ0n) is 16.1. The van der Waals surface area contributed by atoms with E-state index in [0.29, 0.717) is 24.0 Å². The van der Waals surface area contributed by atoms with Gasteiger partial charge in [-0.2, -0.15) is 0 Å². The van der Waals surface area contributed by atoms with Crippen LogP contribution in [0, 0.1) is 11.3 Å². The summed E-state index contributed by atoms with van der Waals surface area (Å²) in [6, 6.07) is 7.17. The second-order valence-electron chi connectivity index (χ2n) is 8.25. The number of hydrogen-bond donors (Lipinski definition) is 1. The monoisotopic (exact) mass is 400 g/mol. The summed E-state index contributed by atoms with van der Waals surface area (Å²) >= 11 is 5.99. The van der Waals surface area contributed by atoms with Crippen molar-refractivity contribution in [2.75, 3.05) is 19.3 Å². The maximum absolute atomic E-state index is 13.0. The number of rotatable bonds is 5. The van der Waals surface area contributed by atoms with Crippen LogP contribution in [0.1, 0.15) is 45.6 Å². The van der Waals surface area contributed by atoms with Gasteiger partial charge in [-0.1, -0.05) is 51.4 Å². The molecule has 1 N–H and O–H groups in total. The lowest BCUT2D eigenvalue weighted by Gasteiger charge is -2.45. The van der Waals surface area contributed by atoms with Crippen LogP contribution in [0.25, 0.3) is 0 Å². The van der Waals surface area contributed by atoms with Gasteiger partial charge >= 0.3 is 0 Å². The SMILES string of the molecule is CC(C)[C@@H](NS(C)(=O)=O)C(=O)N1CC[C@H](c2ccc(Cl)cc2)C(C)(C)C1. The molecule has 0 spiro atoms. The van der Waals surface area contributed by atoms with E-state index >= 15 is 0 Å². The Bertz CT molecular complexity index is 745. The highest BCUT2D eigenvalue weighted by molar-refractivity contribution is 7.88. The van der Waals surface area contributed by atoms with E-state index in [-0.39, 0.29) is 17.2 Å². The molecule has 1 saturated heterocycles. The molecule has 0 bridgehead atoms. The molecule has 2 rings (SSSR count). The lowest BCUT2D eigenvalue weighted by Crippen LogP contribution is -2.55. The number of hydrogen-bond acceptors (Lipinski definition) is 3. The van der Waals surface area contributed by atoms with Crippen LogP contribution in [0.3, 0.4) is 0 Å². The maximum Gasteiger partial charge on any atom is 0.241 e. The van der Waals surface area contributed by atoms with E-state index < -0.39 is 16.1 Å². The fraction of sp³-hybridized carbons (Fsp3) is 0.632. The molecule has 1 heterocycles. The minimum Gasteiger partial charge on any atom is -0.341 e. The molecular weight excluding hydrogens is 372 g/mol. The van der Waals surface area contributed by atoms with Crippen LogP contribution in [0.2, 0.25) is 5.02 Å². The van der Waals surface area contributed by atoms with Crippen molar-refractivity contribution in [2.45, 2.75) is 46.1 Å². The van der Waals surface area contributed by atoms with Crippen molar-refractivity contribution in [3.05, 3.63) is 34.9 Å². The molecule has 7 heteroatoms. The van der Waals surface area contributed by atoms with Crippen LogP contribution in [0.5, 0.6) is 0 Å². The number of nitrogens with zero attached hydrogens (tertiary/aromatic N) is 1. The first-order valence-corrected chi connectivity index (χ1v) is 11.2. The Hall–Kier alpha value is -1.11. The summed E-state index contributed by atoms with van der Waals surface area (Å²) in [5, 5.41) is 0.714. The highest BCUT2D eigenvalue weighted by Gasteiger charge is 2.40. The van der Waals surface area contributed by atoms with Crippen molar-refractivity contribution >= 4 is 27.5 Å². The van der Waals surface area contributed by atoms with Crippen molar-refractivity contribution in [3.8, 4) is 0 Å². The number of sulfonamides is 1. The summed E-state index contributed by atoms with van der Waals surface area (Å²) in [4.78, 5) is 14.8. The first kappa shape index (κ1) is 21.2. The lowest BCUT2D eigenvalue weighted by molar-refractivity contribution is -0.137. The molecule has 1 aromatic rings. The molecule has 0 aliphatic carbocycles. The number of halogens is 1. The van der Waals surface area contributed by atoms with Crippen LogP contribution in [0.4, 0.5) is 0 Å². The van der Waals surface area contributed by atoms with Gasteiger partial charge in [0.15, 0.2) is 0 Å². The number of carbonyl (C=O) groups excluding carboxylic acids is 1. The zero-order chi connectivity index (χ0) is 19.7. The molecule has 146 valence electrons. The number of amides is 1. The predicted octanol–water partition coefficient (Wildman–Crippen LogP) is 3.26. The molecule has 0 saturated carbocycles. The standard InChI is InChI=1S/C19H29ClN2O3S/c1-13(2)17(21-26(5,24)25)18(23)22-11-10-16(19(3,4)12-22)14-6-8-15(20)9-7-14/h6-9,13,16-17,21H,10-12H2,1-5H3/t16-,17-/m1/s1. The minimum atomic E-state index is -3.45. The third-order valence-corrected chi connectivity index (χ3v) is 6.02. The number of piperidine rings is 1. The summed E-state index contributed by atoms with van der Waals surface area (Å²) < 4.78 is 25.8. The van der Waals surface area contributed by atoms with Crippen LogP contribution < -0.4 is 4.72 Å². The molecule has 0 radical (unpaired) electrons. The Kier molecular flexibility index (Phi) is 6.41. The van der Waals surface area contributed by atoms with Gasteiger partial charge in [0.1, 0.15) is 6.04 Å². The average Bonchev–Trinajstić information content (AvgIpc) is 2.51. The topological polar surface area (TPSA) is 66.5 Å². The van der Waals surface area contributed by atoms with E-state index in [2.05, 4.69) is 18.6 Å². The Balaban J connectivity index is 2.17. The fourth-order valence-corrected chi connectivity index (χ4v) is 4.72. The Morgan fingerprint density at radius 1 is 1.27 bits per heavy atom. The smallest absolute Gasteiger partial charge is 0.241 e. The quantitative estimate of drug-likeness (QED) is 0.824. The van der Waals surface area contributed by atoms with E-state index in [1.54, 1.807) is 4.90 Å². The second kappa shape index (κ2) is 7.87. The maximum atomic E-state index is 13.0. The van der Waals surface area contributed by atoms with Gasteiger partial charge in [0, 0.05) is 18.1 Å². The second-order valence-corrected chi connectivity index (χ2v) is 10.5. The molecule has 0 unspecified atom stereocenters. The Morgan fingerprint density at radius 3 is 2.31 bits per heavy atom. The van der Waals surface area contributed by atoms with Gasteiger partial charge in [-0.25, -0.2) is 13.1 Å². The third-order valence-electron chi connectivity index (χ3n) is 5.09. The molecular formula is C19H29ClN2O3S. The zero-order valence-corrected chi connectivity index (χ0v) is 17.7. The predicted molar refractivity (Wildman–Crippen MR) is 106 cm³/mol. The van der Waals surface area contributed by atoms with Gasteiger partial charge in [0.05, 0.1) is 6.26 Å². The summed E-state index contributed by atoms with van der Waals surface area (Å²) in [5.41, 5.74) is 1.11. The van der Waals surface area contributed by atoms with Crippen molar-refractivity contribution in [1.82, 2.24) is 9.62 Å². The van der Waals surface area contributed by atoms with Crippen molar-refractivity contribution in [3.63, 3.8) is 0 Å². The number of likely N-dealkylation sites (tertiary alicyclic amines) is 1. The van der Waals surface area contributed by atoms with Crippen LogP contribution in [0.15, 0.2) is 24.3 Å². The third kappa shape index (κ3) is 5.21. The average molecular weight is 401 g/mol. The number of nitrogens with one attached hydrogen (secondary N) is 1. The summed E-state index contributed by atoms with van der Waals surface area (Å²) in [7, 11) is -3.45. The van der Waals surface area contributed by atoms with Gasteiger partial charge in [-0.15, -0.1) is 0 Å². The molecule has 2 atom stereocenters.